The molecule has 2 aromatic rings. The first-order valence-electron chi connectivity index (χ1n) is 5.95. The highest BCUT2D eigenvalue weighted by Crippen LogP contribution is 2.27. The fraction of sp³-hybridized carbons (Fsp3) is 0.250. The van der Waals surface area contributed by atoms with E-state index in [1.807, 2.05) is 0 Å². The monoisotopic (exact) mass is 317 g/mol. The summed E-state index contributed by atoms with van der Waals surface area (Å²) in [5.41, 5.74) is -1.09. The minimum Gasteiger partial charge on any atom is -0.475 e. The molecule has 0 bridgehead atoms. The number of carboxylic acids is 1. The van der Waals surface area contributed by atoms with E-state index in [9.17, 15) is 22.8 Å². The van der Waals surface area contributed by atoms with E-state index in [2.05, 4.69) is 10.4 Å². The molecule has 7 nitrogen and oxygen atoms in total. The maximum atomic E-state index is 12.3. The number of alkyl halides is 3. The van der Waals surface area contributed by atoms with Crippen LogP contribution in [0.5, 0.6) is 0 Å². The molecule has 0 aromatic carbocycles. The number of nitrogens with zero attached hydrogens (tertiary/aromatic N) is 2. The van der Waals surface area contributed by atoms with Gasteiger partial charge in [0, 0.05) is 6.20 Å². The Kier molecular flexibility index (Phi) is 4.20. The molecular weight excluding hydrogens is 307 g/mol. The summed E-state index contributed by atoms with van der Waals surface area (Å²) in [5.74, 6) is -1.90. The zero-order chi connectivity index (χ0) is 16.3. The second-order valence-corrected chi connectivity index (χ2v) is 4.24. The van der Waals surface area contributed by atoms with Crippen LogP contribution in [0.3, 0.4) is 0 Å². The maximum Gasteiger partial charge on any atom is 0.435 e. The quantitative estimate of drug-likeness (QED) is 0.871. The van der Waals surface area contributed by atoms with Crippen molar-refractivity contribution in [3.05, 3.63) is 41.6 Å². The first-order valence-corrected chi connectivity index (χ1v) is 5.95. The van der Waals surface area contributed by atoms with Crippen LogP contribution < -0.4 is 5.32 Å². The third-order valence-corrected chi connectivity index (χ3v) is 2.57. The Morgan fingerprint density at radius 2 is 2.05 bits per heavy atom. The normalized spacial score (nSPS) is 11.4. The van der Waals surface area contributed by atoms with Crippen molar-refractivity contribution in [2.24, 2.45) is 0 Å². The minimum atomic E-state index is -4.57. The van der Waals surface area contributed by atoms with Crippen molar-refractivity contribution in [2.75, 3.05) is 0 Å². The lowest BCUT2D eigenvalue weighted by Gasteiger charge is -2.04. The summed E-state index contributed by atoms with van der Waals surface area (Å²) < 4.78 is 42.8. The Labute approximate surface area is 121 Å². The van der Waals surface area contributed by atoms with Crippen molar-refractivity contribution in [1.29, 1.82) is 0 Å². The fourth-order valence-electron chi connectivity index (χ4n) is 1.58. The van der Waals surface area contributed by atoms with Crippen LogP contribution in [-0.2, 0) is 24.1 Å². The van der Waals surface area contributed by atoms with Gasteiger partial charge in [0.25, 0.3) is 0 Å². The van der Waals surface area contributed by atoms with Gasteiger partial charge in [0.1, 0.15) is 12.3 Å². The molecule has 2 heterocycles. The Morgan fingerprint density at radius 3 is 2.59 bits per heavy atom. The molecule has 2 N–H and O–H groups in total. The summed E-state index contributed by atoms with van der Waals surface area (Å²) >= 11 is 0. The summed E-state index contributed by atoms with van der Waals surface area (Å²) in [4.78, 5) is 22.2. The Hall–Kier alpha value is -2.78. The maximum absolute atomic E-state index is 12.3. The van der Waals surface area contributed by atoms with E-state index in [4.69, 9.17) is 9.52 Å². The number of carbonyl (C=O) groups excluding carboxylic acids is 1. The average molecular weight is 317 g/mol. The van der Waals surface area contributed by atoms with Crippen LogP contribution in [-0.4, -0.2) is 26.8 Å². The standard InChI is InChI=1S/C12H10F3N3O4/c13-12(14,15)9-3-4-18(17-9)6-10(19)16-5-7-1-2-8(22-7)11(20)21/h1-4H,5-6H2,(H,16,19)(H,20,21). The third kappa shape index (κ3) is 3.87. The molecule has 1 amide bonds. The lowest BCUT2D eigenvalue weighted by atomic mass is 10.4. The van der Waals surface area contributed by atoms with E-state index in [1.165, 1.54) is 12.1 Å². The van der Waals surface area contributed by atoms with Crippen LogP contribution in [0.4, 0.5) is 13.2 Å². The van der Waals surface area contributed by atoms with Crippen LogP contribution in [0, 0.1) is 0 Å². The van der Waals surface area contributed by atoms with Crippen molar-refractivity contribution in [1.82, 2.24) is 15.1 Å². The van der Waals surface area contributed by atoms with Crippen LogP contribution in [0.15, 0.2) is 28.8 Å². The van der Waals surface area contributed by atoms with E-state index in [0.717, 1.165) is 16.9 Å². The molecule has 10 heteroatoms. The van der Waals surface area contributed by atoms with Gasteiger partial charge in [-0.1, -0.05) is 0 Å². The second-order valence-electron chi connectivity index (χ2n) is 4.24. The highest BCUT2D eigenvalue weighted by molar-refractivity contribution is 5.84. The molecule has 0 unspecified atom stereocenters. The van der Waals surface area contributed by atoms with Gasteiger partial charge in [0.05, 0.1) is 6.54 Å². The number of carboxylic acid groups (broad SMARTS) is 1. The molecule has 0 radical (unpaired) electrons. The highest BCUT2D eigenvalue weighted by atomic mass is 19.4. The molecule has 0 aliphatic heterocycles. The SMILES string of the molecule is O=C(Cn1ccc(C(F)(F)F)n1)NCc1ccc(C(=O)O)o1. The van der Waals surface area contributed by atoms with Gasteiger partial charge in [-0.3, -0.25) is 9.48 Å². The number of aromatic carboxylic acids is 1. The molecule has 0 atom stereocenters. The summed E-state index contributed by atoms with van der Waals surface area (Å²) in [6, 6.07) is 3.37. The highest BCUT2D eigenvalue weighted by Gasteiger charge is 2.33. The zero-order valence-corrected chi connectivity index (χ0v) is 10.9. The molecule has 2 aromatic heterocycles. The van der Waals surface area contributed by atoms with E-state index in [1.54, 1.807) is 0 Å². The predicted octanol–water partition coefficient (Wildman–Crippen LogP) is 1.51. The van der Waals surface area contributed by atoms with E-state index in [0.29, 0.717) is 0 Å². The molecular formula is C12H10F3N3O4. The molecule has 118 valence electrons. The summed E-state index contributed by atoms with van der Waals surface area (Å²) in [5, 5.41) is 14.3. The predicted molar refractivity (Wildman–Crippen MR) is 64.7 cm³/mol. The smallest absolute Gasteiger partial charge is 0.435 e. The van der Waals surface area contributed by atoms with Crippen molar-refractivity contribution in [3.8, 4) is 0 Å². The number of carbonyl (C=O) groups is 2. The number of halogens is 3. The molecule has 0 aliphatic rings. The molecule has 22 heavy (non-hydrogen) atoms. The first-order chi connectivity index (χ1) is 10.3. The fourth-order valence-corrected chi connectivity index (χ4v) is 1.58. The minimum absolute atomic E-state index is 0.0838. The lowest BCUT2D eigenvalue weighted by molar-refractivity contribution is -0.141. The lowest BCUT2D eigenvalue weighted by Crippen LogP contribution is -2.27. The number of hydrogen-bond acceptors (Lipinski definition) is 4. The van der Waals surface area contributed by atoms with Crippen LogP contribution in [0.1, 0.15) is 22.0 Å². The molecule has 0 saturated carbocycles. The summed E-state index contributed by atoms with van der Waals surface area (Å²) in [7, 11) is 0. The molecule has 2 rings (SSSR count). The van der Waals surface area contributed by atoms with Gasteiger partial charge in [-0.2, -0.15) is 18.3 Å². The zero-order valence-electron chi connectivity index (χ0n) is 10.9. The molecule has 0 saturated heterocycles. The number of furan rings is 1. The van der Waals surface area contributed by atoms with Crippen LogP contribution in [0.25, 0.3) is 0 Å². The number of nitrogens with one attached hydrogen (secondary N) is 1. The number of rotatable bonds is 5. The second kappa shape index (κ2) is 5.92. The van der Waals surface area contributed by atoms with Gasteiger partial charge in [-0.05, 0) is 18.2 Å². The van der Waals surface area contributed by atoms with E-state index in [-0.39, 0.29) is 18.1 Å². The Morgan fingerprint density at radius 1 is 1.32 bits per heavy atom. The van der Waals surface area contributed by atoms with Gasteiger partial charge >= 0.3 is 12.1 Å². The van der Waals surface area contributed by atoms with Gasteiger partial charge in [0.2, 0.25) is 11.7 Å². The van der Waals surface area contributed by atoms with Crippen molar-refractivity contribution in [2.45, 2.75) is 19.3 Å². The summed E-state index contributed by atoms with van der Waals surface area (Å²) in [6.45, 7) is -0.484. The molecule has 0 spiro atoms. The summed E-state index contributed by atoms with van der Waals surface area (Å²) in [6.07, 6.45) is -3.53. The first kappa shape index (κ1) is 15.6. The Balaban J connectivity index is 1.87. The van der Waals surface area contributed by atoms with Crippen molar-refractivity contribution < 1.29 is 32.3 Å². The third-order valence-electron chi connectivity index (χ3n) is 2.57. The largest absolute Gasteiger partial charge is 0.475 e. The van der Waals surface area contributed by atoms with Crippen molar-refractivity contribution >= 4 is 11.9 Å². The number of aromatic nitrogens is 2. The topological polar surface area (TPSA) is 97.4 Å². The van der Waals surface area contributed by atoms with Crippen molar-refractivity contribution in [3.63, 3.8) is 0 Å². The van der Waals surface area contributed by atoms with Crippen LogP contribution in [0.2, 0.25) is 0 Å². The molecule has 0 fully saturated rings. The van der Waals surface area contributed by atoms with Crippen LogP contribution >= 0.6 is 0 Å². The molecule has 0 aliphatic carbocycles. The van der Waals surface area contributed by atoms with Gasteiger partial charge in [-0.25, -0.2) is 4.79 Å². The number of hydrogen-bond donors (Lipinski definition) is 2. The average Bonchev–Trinajstić information content (AvgIpc) is 3.04. The van der Waals surface area contributed by atoms with Gasteiger partial charge in [-0.15, -0.1) is 0 Å². The number of amides is 1. The van der Waals surface area contributed by atoms with Gasteiger partial charge in [0.15, 0.2) is 5.69 Å². The Bertz CT molecular complexity index is 690. The van der Waals surface area contributed by atoms with E-state index >= 15 is 0 Å². The van der Waals surface area contributed by atoms with E-state index < -0.39 is 30.3 Å². The van der Waals surface area contributed by atoms with Gasteiger partial charge < -0.3 is 14.8 Å².